The average Bonchev–Trinajstić information content (AvgIpc) is 2.70. The van der Waals surface area contributed by atoms with Crippen LogP contribution in [-0.4, -0.2) is 12.3 Å². The van der Waals surface area contributed by atoms with Crippen molar-refractivity contribution in [2.75, 3.05) is 7.11 Å². The summed E-state index contributed by atoms with van der Waals surface area (Å²) in [7, 11) is 1.69. The monoisotopic (exact) mass is 215 g/mol. The molecule has 0 amide bonds. The predicted octanol–water partition coefficient (Wildman–Crippen LogP) is 2.76. The summed E-state index contributed by atoms with van der Waals surface area (Å²) in [5.41, 5.74) is 4.69. The first-order valence-electron chi connectivity index (χ1n) is 5.42. The molecule has 0 radical (unpaired) electrons. The zero-order chi connectivity index (χ0) is 11.1. The van der Waals surface area contributed by atoms with Crippen LogP contribution in [0.2, 0.25) is 0 Å². The maximum atomic E-state index is 5.40. The van der Waals surface area contributed by atoms with E-state index in [1.807, 2.05) is 13.0 Å². The van der Waals surface area contributed by atoms with Crippen molar-refractivity contribution >= 4 is 0 Å². The first kappa shape index (κ1) is 9.46. The molecule has 1 aliphatic carbocycles. The first-order chi connectivity index (χ1) is 7.79. The molecule has 0 atom stereocenters. The fraction of sp³-hybridized carbons (Fsp3) is 0.308. The smallest absolute Gasteiger partial charge is 0.170 e. The van der Waals surface area contributed by atoms with Crippen LogP contribution >= 0.6 is 0 Å². The molecule has 1 aliphatic rings. The number of aryl methyl sites for hydroxylation is 2. The minimum absolute atomic E-state index is 0.901. The summed E-state index contributed by atoms with van der Waals surface area (Å²) in [6.45, 7) is 2.00. The van der Waals surface area contributed by atoms with Gasteiger partial charge in [-0.25, -0.2) is 0 Å². The molecule has 0 unspecified atom stereocenters. The molecule has 0 saturated carbocycles. The minimum atomic E-state index is 0.901. The summed E-state index contributed by atoms with van der Waals surface area (Å²) < 4.78 is 10.6. The Balaban J connectivity index is 2.18. The summed E-state index contributed by atoms with van der Waals surface area (Å²) in [5.74, 6) is 1.83. The molecule has 0 N–H and O–H groups in total. The van der Waals surface area contributed by atoms with Crippen LogP contribution in [0.15, 0.2) is 22.7 Å². The van der Waals surface area contributed by atoms with E-state index in [1.54, 1.807) is 7.11 Å². The first-order valence-corrected chi connectivity index (χ1v) is 5.42. The number of nitrogens with zero attached hydrogens (tertiary/aromatic N) is 1. The molecule has 0 spiro atoms. The number of hydrogen-bond acceptors (Lipinski definition) is 3. The van der Waals surface area contributed by atoms with E-state index < -0.39 is 0 Å². The third kappa shape index (κ3) is 1.24. The second-order valence-corrected chi connectivity index (χ2v) is 4.10. The van der Waals surface area contributed by atoms with E-state index in [-0.39, 0.29) is 0 Å². The second kappa shape index (κ2) is 3.37. The zero-order valence-corrected chi connectivity index (χ0v) is 9.41. The summed E-state index contributed by atoms with van der Waals surface area (Å²) in [4.78, 5) is 0. The molecule has 1 aromatic carbocycles. The molecular weight excluding hydrogens is 202 g/mol. The summed E-state index contributed by atoms with van der Waals surface area (Å²) in [6, 6.07) is 6.10. The van der Waals surface area contributed by atoms with Gasteiger partial charge in [0.1, 0.15) is 5.75 Å². The Hall–Kier alpha value is -1.77. The van der Waals surface area contributed by atoms with Crippen molar-refractivity contribution in [2.24, 2.45) is 0 Å². The third-order valence-corrected chi connectivity index (χ3v) is 3.19. The summed E-state index contributed by atoms with van der Waals surface area (Å²) >= 11 is 0. The number of aromatic nitrogens is 1. The Labute approximate surface area is 94.0 Å². The standard InChI is InChI=1S/C13H13NO2/c1-8-11-5-3-9-7-10(15-2)4-6-12(9)13(11)16-14-8/h4,6-7H,3,5H2,1-2H3. The minimum Gasteiger partial charge on any atom is -0.497 e. The van der Waals surface area contributed by atoms with Crippen molar-refractivity contribution in [3.05, 3.63) is 35.0 Å². The zero-order valence-electron chi connectivity index (χ0n) is 9.41. The van der Waals surface area contributed by atoms with Crippen LogP contribution in [0.4, 0.5) is 0 Å². The number of methoxy groups -OCH3 is 1. The maximum absolute atomic E-state index is 5.40. The van der Waals surface area contributed by atoms with Crippen LogP contribution < -0.4 is 4.74 Å². The molecule has 1 heterocycles. The predicted molar refractivity (Wildman–Crippen MR) is 60.6 cm³/mol. The van der Waals surface area contributed by atoms with E-state index in [0.717, 1.165) is 35.6 Å². The van der Waals surface area contributed by atoms with Gasteiger partial charge in [0.15, 0.2) is 5.76 Å². The molecule has 16 heavy (non-hydrogen) atoms. The highest BCUT2D eigenvalue weighted by atomic mass is 16.5. The molecule has 3 rings (SSSR count). The Morgan fingerprint density at radius 2 is 2.19 bits per heavy atom. The van der Waals surface area contributed by atoms with Gasteiger partial charge in [0.05, 0.1) is 12.8 Å². The number of rotatable bonds is 1. The van der Waals surface area contributed by atoms with Crippen molar-refractivity contribution in [2.45, 2.75) is 19.8 Å². The lowest BCUT2D eigenvalue weighted by molar-refractivity contribution is 0.413. The van der Waals surface area contributed by atoms with Gasteiger partial charge in [0, 0.05) is 11.1 Å². The maximum Gasteiger partial charge on any atom is 0.170 e. The highest BCUT2D eigenvalue weighted by Crippen LogP contribution is 2.36. The highest BCUT2D eigenvalue weighted by Gasteiger charge is 2.22. The van der Waals surface area contributed by atoms with Crippen molar-refractivity contribution in [1.82, 2.24) is 5.16 Å². The molecule has 3 heteroatoms. The third-order valence-electron chi connectivity index (χ3n) is 3.19. The van der Waals surface area contributed by atoms with Crippen LogP contribution in [0.1, 0.15) is 16.8 Å². The lowest BCUT2D eigenvalue weighted by atomic mass is 9.90. The van der Waals surface area contributed by atoms with Crippen molar-refractivity contribution in [1.29, 1.82) is 0 Å². The topological polar surface area (TPSA) is 35.3 Å². The van der Waals surface area contributed by atoms with Gasteiger partial charge in [-0.3, -0.25) is 0 Å². The van der Waals surface area contributed by atoms with Crippen LogP contribution in [0.3, 0.4) is 0 Å². The lowest BCUT2D eigenvalue weighted by Crippen LogP contribution is -2.03. The van der Waals surface area contributed by atoms with Gasteiger partial charge in [-0.2, -0.15) is 0 Å². The van der Waals surface area contributed by atoms with E-state index in [2.05, 4.69) is 17.3 Å². The van der Waals surface area contributed by atoms with Gasteiger partial charge in [-0.1, -0.05) is 5.16 Å². The molecule has 0 saturated heterocycles. The van der Waals surface area contributed by atoms with Crippen LogP contribution in [-0.2, 0) is 12.8 Å². The molecule has 1 aromatic heterocycles. The highest BCUT2D eigenvalue weighted by molar-refractivity contribution is 5.69. The number of ether oxygens (including phenoxy) is 1. The Morgan fingerprint density at radius 3 is 3.00 bits per heavy atom. The Morgan fingerprint density at radius 1 is 1.31 bits per heavy atom. The summed E-state index contributed by atoms with van der Waals surface area (Å²) in [6.07, 6.45) is 2.03. The van der Waals surface area contributed by atoms with Gasteiger partial charge in [-0.15, -0.1) is 0 Å². The number of hydrogen-bond donors (Lipinski definition) is 0. The fourth-order valence-electron chi connectivity index (χ4n) is 2.28. The molecule has 3 nitrogen and oxygen atoms in total. The molecular formula is C13H13NO2. The van der Waals surface area contributed by atoms with Crippen LogP contribution in [0.25, 0.3) is 11.3 Å². The van der Waals surface area contributed by atoms with E-state index in [0.29, 0.717) is 0 Å². The van der Waals surface area contributed by atoms with E-state index in [9.17, 15) is 0 Å². The number of benzene rings is 1. The lowest BCUT2D eigenvalue weighted by Gasteiger charge is -2.15. The van der Waals surface area contributed by atoms with E-state index >= 15 is 0 Å². The average molecular weight is 215 g/mol. The van der Waals surface area contributed by atoms with Gasteiger partial charge in [0.2, 0.25) is 0 Å². The Kier molecular flexibility index (Phi) is 1.99. The quantitative estimate of drug-likeness (QED) is 0.733. The SMILES string of the molecule is COc1ccc2c(c1)CCc1c(C)noc1-2. The van der Waals surface area contributed by atoms with Crippen LogP contribution in [0, 0.1) is 6.92 Å². The van der Waals surface area contributed by atoms with Gasteiger partial charge < -0.3 is 9.26 Å². The molecule has 2 aromatic rings. The largest absolute Gasteiger partial charge is 0.497 e. The van der Waals surface area contributed by atoms with Crippen molar-refractivity contribution in [3.63, 3.8) is 0 Å². The molecule has 0 bridgehead atoms. The summed E-state index contributed by atoms with van der Waals surface area (Å²) in [5, 5.41) is 4.03. The van der Waals surface area contributed by atoms with E-state index in [4.69, 9.17) is 9.26 Å². The Bertz CT molecular complexity index is 543. The van der Waals surface area contributed by atoms with Gasteiger partial charge in [-0.05, 0) is 43.5 Å². The van der Waals surface area contributed by atoms with Gasteiger partial charge in [0.25, 0.3) is 0 Å². The molecule has 0 fully saturated rings. The number of fused-ring (bicyclic) bond motifs is 3. The van der Waals surface area contributed by atoms with Crippen LogP contribution in [0.5, 0.6) is 5.75 Å². The second-order valence-electron chi connectivity index (χ2n) is 4.10. The molecule has 82 valence electrons. The molecule has 0 aliphatic heterocycles. The van der Waals surface area contributed by atoms with E-state index in [1.165, 1.54) is 11.1 Å². The van der Waals surface area contributed by atoms with Gasteiger partial charge >= 0.3 is 0 Å². The van der Waals surface area contributed by atoms with Crippen molar-refractivity contribution < 1.29 is 9.26 Å². The normalized spacial score (nSPS) is 13.1. The fourth-order valence-corrected chi connectivity index (χ4v) is 2.28. The van der Waals surface area contributed by atoms with Crippen molar-refractivity contribution in [3.8, 4) is 17.1 Å².